The lowest BCUT2D eigenvalue weighted by molar-refractivity contribution is -0.141. The minimum atomic E-state index is -4.48. The maximum Gasteiger partial charge on any atom is 0.417 e. The third-order valence-electron chi connectivity index (χ3n) is 4.19. The summed E-state index contributed by atoms with van der Waals surface area (Å²) < 4.78 is 42.9. The Labute approximate surface area is 152 Å². The van der Waals surface area contributed by atoms with Gasteiger partial charge in [-0.05, 0) is 43.2 Å². The van der Waals surface area contributed by atoms with Gasteiger partial charge in [-0.25, -0.2) is 9.78 Å². The van der Waals surface area contributed by atoms with Crippen molar-refractivity contribution in [3.8, 4) is 11.6 Å². The molecule has 0 spiro atoms. The molecule has 1 aromatic heterocycles. The number of hydrogen-bond donors (Lipinski definition) is 1. The summed E-state index contributed by atoms with van der Waals surface area (Å²) in [6.07, 6.45) is -2.76. The summed E-state index contributed by atoms with van der Waals surface area (Å²) in [6.45, 7) is 0.378. The maximum absolute atomic E-state index is 12.5. The van der Waals surface area contributed by atoms with Gasteiger partial charge in [-0.2, -0.15) is 13.2 Å². The van der Waals surface area contributed by atoms with Crippen molar-refractivity contribution in [3.63, 3.8) is 0 Å². The van der Waals surface area contributed by atoms with Gasteiger partial charge in [-0.15, -0.1) is 0 Å². The first-order chi connectivity index (χ1) is 12.8. The predicted octanol–water partition coefficient (Wildman–Crippen LogP) is 3.58. The van der Waals surface area contributed by atoms with Crippen LogP contribution in [0.15, 0.2) is 42.6 Å². The van der Waals surface area contributed by atoms with Gasteiger partial charge < -0.3 is 14.7 Å². The number of pyridine rings is 1. The second kappa shape index (κ2) is 7.26. The van der Waals surface area contributed by atoms with E-state index in [1.165, 1.54) is 29.2 Å². The molecule has 142 valence electrons. The number of likely N-dealkylation sites (tertiary alicyclic amines) is 1. The van der Waals surface area contributed by atoms with Crippen molar-refractivity contribution >= 4 is 11.9 Å². The molecule has 0 bridgehead atoms. The van der Waals surface area contributed by atoms with Crippen LogP contribution in [0.1, 0.15) is 28.8 Å². The van der Waals surface area contributed by atoms with E-state index < -0.39 is 23.8 Å². The Morgan fingerprint density at radius 1 is 1.15 bits per heavy atom. The van der Waals surface area contributed by atoms with E-state index in [4.69, 9.17) is 9.84 Å². The first-order valence-corrected chi connectivity index (χ1v) is 8.10. The molecule has 1 fully saturated rings. The van der Waals surface area contributed by atoms with E-state index in [0.717, 1.165) is 12.1 Å². The number of rotatable bonds is 4. The molecule has 1 amide bonds. The number of alkyl halides is 3. The SMILES string of the molecule is O=C(O)C1CCCN1C(=O)c1ccc(Oc2ccc(C(F)(F)F)cn2)cc1. The molecule has 0 radical (unpaired) electrons. The predicted molar refractivity (Wildman–Crippen MR) is 87.4 cm³/mol. The topological polar surface area (TPSA) is 79.7 Å². The largest absolute Gasteiger partial charge is 0.480 e. The highest BCUT2D eigenvalue weighted by atomic mass is 19.4. The Hall–Kier alpha value is -3.10. The summed E-state index contributed by atoms with van der Waals surface area (Å²) in [4.78, 5) is 28.6. The number of aromatic nitrogens is 1. The lowest BCUT2D eigenvalue weighted by atomic mass is 10.1. The number of nitrogens with zero attached hydrogens (tertiary/aromatic N) is 2. The smallest absolute Gasteiger partial charge is 0.417 e. The van der Waals surface area contributed by atoms with Gasteiger partial charge in [0.2, 0.25) is 5.88 Å². The van der Waals surface area contributed by atoms with Gasteiger partial charge in [0.1, 0.15) is 11.8 Å². The Bertz CT molecular complexity index is 835. The molecule has 0 aliphatic carbocycles. The quantitative estimate of drug-likeness (QED) is 0.877. The summed E-state index contributed by atoms with van der Waals surface area (Å²) in [6, 6.07) is 7.02. The summed E-state index contributed by atoms with van der Waals surface area (Å²) in [5, 5.41) is 9.17. The van der Waals surface area contributed by atoms with E-state index in [1.54, 1.807) is 0 Å². The molecule has 3 rings (SSSR count). The van der Waals surface area contributed by atoms with Crippen LogP contribution in [0.25, 0.3) is 0 Å². The Morgan fingerprint density at radius 2 is 1.85 bits per heavy atom. The highest BCUT2D eigenvalue weighted by molar-refractivity contribution is 5.97. The van der Waals surface area contributed by atoms with Crippen molar-refractivity contribution in [1.29, 1.82) is 0 Å². The molecule has 6 nitrogen and oxygen atoms in total. The maximum atomic E-state index is 12.5. The fourth-order valence-corrected chi connectivity index (χ4v) is 2.83. The molecule has 2 heterocycles. The second-order valence-corrected chi connectivity index (χ2v) is 6.00. The molecule has 27 heavy (non-hydrogen) atoms. The highest BCUT2D eigenvalue weighted by Gasteiger charge is 2.34. The number of amides is 1. The lowest BCUT2D eigenvalue weighted by Gasteiger charge is -2.21. The summed E-state index contributed by atoms with van der Waals surface area (Å²) >= 11 is 0. The average molecular weight is 380 g/mol. The van der Waals surface area contributed by atoms with E-state index in [1.807, 2.05) is 0 Å². The minimum absolute atomic E-state index is 0.0208. The molecule has 1 N–H and O–H groups in total. The van der Waals surface area contributed by atoms with Crippen LogP contribution in [0.5, 0.6) is 11.6 Å². The van der Waals surface area contributed by atoms with Crippen LogP contribution in [0.3, 0.4) is 0 Å². The van der Waals surface area contributed by atoms with Crippen LogP contribution in [-0.2, 0) is 11.0 Å². The molecule has 1 aromatic carbocycles. The Kier molecular flexibility index (Phi) is 5.02. The molecule has 9 heteroatoms. The summed E-state index contributed by atoms with van der Waals surface area (Å²) in [5.74, 6) is -1.16. The molecular weight excluding hydrogens is 365 g/mol. The van der Waals surface area contributed by atoms with Crippen molar-refractivity contribution in [2.75, 3.05) is 6.54 Å². The monoisotopic (exact) mass is 380 g/mol. The highest BCUT2D eigenvalue weighted by Crippen LogP contribution is 2.30. The second-order valence-electron chi connectivity index (χ2n) is 6.00. The van der Waals surface area contributed by atoms with Gasteiger partial charge in [0, 0.05) is 24.4 Å². The molecule has 1 atom stereocenters. The average Bonchev–Trinajstić information content (AvgIpc) is 3.11. The van der Waals surface area contributed by atoms with Crippen molar-refractivity contribution in [1.82, 2.24) is 9.88 Å². The zero-order valence-corrected chi connectivity index (χ0v) is 13.9. The summed E-state index contributed by atoms with van der Waals surface area (Å²) in [5.41, 5.74) is -0.578. The van der Waals surface area contributed by atoms with E-state index in [0.29, 0.717) is 31.1 Å². The zero-order chi connectivity index (χ0) is 19.6. The fourth-order valence-electron chi connectivity index (χ4n) is 2.83. The number of ether oxygens (including phenoxy) is 1. The van der Waals surface area contributed by atoms with E-state index in [9.17, 15) is 22.8 Å². The van der Waals surface area contributed by atoms with Crippen LogP contribution in [0.4, 0.5) is 13.2 Å². The fraction of sp³-hybridized carbons (Fsp3) is 0.278. The number of carboxylic acids is 1. The third kappa shape index (κ3) is 4.18. The molecule has 1 aliphatic rings. The number of halogens is 3. The van der Waals surface area contributed by atoms with Gasteiger partial charge in [0.05, 0.1) is 5.56 Å². The molecule has 1 saturated heterocycles. The molecular formula is C18H15F3N2O4. The zero-order valence-electron chi connectivity index (χ0n) is 13.9. The summed E-state index contributed by atoms with van der Waals surface area (Å²) in [7, 11) is 0. The molecule has 1 unspecified atom stereocenters. The number of aliphatic carboxylic acids is 1. The van der Waals surface area contributed by atoms with Crippen LogP contribution in [0.2, 0.25) is 0 Å². The van der Waals surface area contributed by atoms with E-state index in [2.05, 4.69) is 4.98 Å². The van der Waals surface area contributed by atoms with Gasteiger partial charge in [-0.3, -0.25) is 4.79 Å². The lowest BCUT2D eigenvalue weighted by Crippen LogP contribution is -2.40. The first-order valence-electron chi connectivity index (χ1n) is 8.10. The normalized spacial score (nSPS) is 17.0. The number of carbonyl (C=O) groups is 2. The van der Waals surface area contributed by atoms with Crippen molar-refractivity contribution in [3.05, 3.63) is 53.7 Å². The van der Waals surface area contributed by atoms with Crippen LogP contribution >= 0.6 is 0 Å². The van der Waals surface area contributed by atoms with Crippen LogP contribution in [-0.4, -0.2) is 39.5 Å². The van der Waals surface area contributed by atoms with Crippen molar-refractivity contribution < 1.29 is 32.6 Å². The number of carboxylic acid groups (broad SMARTS) is 1. The molecule has 1 aliphatic heterocycles. The van der Waals surface area contributed by atoms with Crippen LogP contribution in [0, 0.1) is 0 Å². The van der Waals surface area contributed by atoms with Gasteiger partial charge >= 0.3 is 12.1 Å². The van der Waals surface area contributed by atoms with E-state index >= 15 is 0 Å². The van der Waals surface area contributed by atoms with Gasteiger partial charge in [-0.1, -0.05) is 0 Å². The van der Waals surface area contributed by atoms with Crippen LogP contribution < -0.4 is 4.74 Å². The van der Waals surface area contributed by atoms with Gasteiger partial charge in [0.15, 0.2) is 0 Å². The number of carbonyl (C=O) groups excluding carboxylic acids is 1. The molecule has 2 aromatic rings. The number of hydrogen-bond acceptors (Lipinski definition) is 4. The Balaban J connectivity index is 1.68. The minimum Gasteiger partial charge on any atom is -0.480 e. The first kappa shape index (κ1) is 18.7. The van der Waals surface area contributed by atoms with Gasteiger partial charge in [0.25, 0.3) is 5.91 Å². The number of benzene rings is 1. The molecule has 0 saturated carbocycles. The Morgan fingerprint density at radius 3 is 2.41 bits per heavy atom. The van der Waals surface area contributed by atoms with E-state index in [-0.39, 0.29) is 17.5 Å². The standard InChI is InChI=1S/C18H15F3N2O4/c19-18(20,21)12-5-8-15(22-10-12)27-13-6-3-11(4-7-13)16(24)23-9-1-2-14(23)17(25)26/h3-8,10,14H,1-2,9H2,(H,25,26). The van der Waals surface area contributed by atoms with Crippen molar-refractivity contribution in [2.45, 2.75) is 25.1 Å². The third-order valence-corrected chi connectivity index (χ3v) is 4.19. The van der Waals surface area contributed by atoms with Crippen molar-refractivity contribution in [2.24, 2.45) is 0 Å².